The highest BCUT2D eigenvalue weighted by Crippen LogP contribution is 2.68. The Bertz CT molecular complexity index is 599. The van der Waals surface area contributed by atoms with Crippen molar-refractivity contribution in [3.8, 4) is 0 Å². The molecule has 0 heterocycles. The van der Waals surface area contributed by atoms with Crippen LogP contribution in [0.2, 0.25) is 0 Å². The molecule has 4 fully saturated rings. The molecule has 29 heavy (non-hydrogen) atoms. The van der Waals surface area contributed by atoms with E-state index in [2.05, 4.69) is 20.8 Å². The fourth-order valence-electron chi connectivity index (χ4n) is 9.34. The van der Waals surface area contributed by atoms with E-state index in [0.717, 1.165) is 48.3 Å². The van der Waals surface area contributed by atoms with Gasteiger partial charge in [0.1, 0.15) is 0 Å². The molecule has 0 aromatic heterocycles. The van der Waals surface area contributed by atoms with Gasteiger partial charge in [0.15, 0.2) is 0 Å². The van der Waals surface area contributed by atoms with Crippen LogP contribution in [0.3, 0.4) is 0 Å². The highest BCUT2D eigenvalue weighted by Gasteiger charge is 2.60. The first kappa shape index (κ1) is 21.7. The summed E-state index contributed by atoms with van der Waals surface area (Å²) in [7, 11) is 0. The van der Waals surface area contributed by atoms with Crippen LogP contribution in [0.1, 0.15) is 111 Å². The normalized spacial score (nSPS) is 46.3. The molecule has 1 N–H and O–H groups in total. The summed E-state index contributed by atoms with van der Waals surface area (Å²) in [6.45, 7) is 9.70. The summed E-state index contributed by atoms with van der Waals surface area (Å²) >= 11 is 0. The molecule has 0 saturated heterocycles. The Balaban J connectivity index is 1.42. The van der Waals surface area contributed by atoms with Gasteiger partial charge in [0, 0.05) is 0 Å². The van der Waals surface area contributed by atoms with Crippen LogP contribution in [-0.4, -0.2) is 11.1 Å². The second-order valence-corrected chi connectivity index (χ2v) is 12.3. The number of aliphatic carboxylic acids is 1. The van der Waals surface area contributed by atoms with Gasteiger partial charge in [-0.25, -0.2) is 0 Å². The SMILES string of the molecule is CC(CCC[C@@H](C)[C@H]1CC[C@H]2[C@@H]3CC[C@H]4CCCC[C@]4(C)[C@H]3CC[C@]12C)C(=O)O. The molecule has 4 aliphatic rings. The molecule has 0 aliphatic heterocycles. The Morgan fingerprint density at radius 1 is 0.897 bits per heavy atom. The third kappa shape index (κ3) is 3.69. The molecule has 166 valence electrons. The number of hydrogen-bond acceptors (Lipinski definition) is 1. The van der Waals surface area contributed by atoms with E-state index in [-0.39, 0.29) is 5.92 Å². The number of carbonyl (C=O) groups is 1. The maximum atomic E-state index is 11.1. The van der Waals surface area contributed by atoms with E-state index in [9.17, 15) is 4.79 Å². The van der Waals surface area contributed by atoms with Crippen molar-refractivity contribution in [2.75, 3.05) is 0 Å². The van der Waals surface area contributed by atoms with Crippen LogP contribution in [0.25, 0.3) is 0 Å². The lowest BCUT2D eigenvalue weighted by atomic mass is 9.44. The molecule has 0 aromatic carbocycles. The molecule has 2 heteroatoms. The van der Waals surface area contributed by atoms with E-state index in [0.29, 0.717) is 10.8 Å². The Hall–Kier alpha value is -0.530. The topological polar surface area (TPSA) is 37.3 Å². The smallest absolute Gasteiger partial charge is 0.306 e. The van der Waals surface area contributed by atoms with Crippen molar-refractivity contribution in [3.63, 3.8) is 0 Å². The molecule has 9 atom stereocenters. The van der Waals surface area contributed by atoms with Crippen LogP contribution >= 0.6 is 0 Å². The van der Waals surface area contributed by atoms with Gasteiger partial charge in [0.05, 0.1) is 5.92 Å². The van der Waals surface area contributed by atoms with Crippen molar-refractivity contribution in [3.05, 3.63) is 0 Å². The summed E-state index contributed by atoms with van der Waals surface area (Å²) in [5.41, 5.74) is 1.20. The Labute approximate surface area is 179 Å². The van der Waals surface area contributed by atoms with E-state index in [1.54, 1.807) is 0 Å². The molecule has 0 spiro atoms. The monoisotopic (exact) mass is 402 g/mol. The van der Waals surface area contributed by atoms with E-state index in [4.69, 9.17) is 5.11 Å². The quantitative estimate of drug-likeness (QED) is 0.497. The maximum Gasteiger partial charge on any atom is 0.306 e. The zero-order valence-corrected chi connectivity index (χ0v) is 19.6. The second-order valence-electron chi connectivity index (χ2n) is 12.3. The molecule has 1 unspecified atom stereocenters. The Kier molecular flexibility index (Phi) is 6.13. The molecule has 4 saturated carbocycles. The minimum atomic E-state index is -0.629. The van der Waals surface area contributed by atoms with Crippen LogP contribution < -0.4 is 0 Å². The highest BCUT2D eigenvalue weighted by atomic mass is 16.4. The first-order valence-electron chi connectivity index (χ1n) is 13.0. The standard InChI is InChI=1S/C27H46O2/c1-18(8-7-9-19(2)25(28)29)22-13-14-23-21-12-11-20-10-5-6-16-26(20,3)24(21)15-17-27(22,23)4/h18-24H,5-17H2,1-4H3,(H,28,29)/t18-,19?,20-,21+,22-,23+,24+,26+,27-/m1/s1. The van der Waals surface area contributed by atoms with Gasteiger partial charge in [-0.3, -0.25) is 4.79 Å². The largest absolute Gasteiger partial charge is 0.481 e. The van der Waals surface area contributed by atoms with E-state index >= 15 is 0 Å². The Morgan fingerprint density at radius 3 is 2.41 bits per heavy atom. The lowest BCUT2D eigenvalue weighted by molar-refractivity contribution is -0.141. The average molecular weight is 403 g/mol. The van der Waals surface area contributed by atoms with Crippen LogP contribution in [0.4, 0.5) is 0 Å². The molecule has 0 amide bonds. The number of hydrogen-bond donors (Lipinski definition) is 1. The summed E-state index contributed by atoms with van der Waals surface area (Å²) in [6, 6.07) is 0. The van der Waals surface area contributed by atoms with E-state index < -0.39 is 5.97 Å². The van der Waals surface area contributed by atoms with Gasteiger partial charge >= 0.3 is 5.97 Å². The fraction of sp³-hybridized carbons (Fsp3) is 0.963. The summed E-state index contributed by atoms with van der Waals surface area (Å²) in [5, 5.41) is 9.17. The number of fused-ring (bicyclic) bond motifs is 5. The molecule has 0 radical (unpaired) electrons. The number of rotatable bonds is 6. The molecular weight excluding hydrogens is 356 g/mol. The molecule has 0 aromatic rings. The van der Waals surface area contributed by atoms with Gasteiger partial charge in [-0.2, -0.15) is 0 Å². The van der Waals surface area contributed by atoms with Crippen molar-refractivity contribution in [2.45, 2.75) is 111 Å². The van der Waals surface area contributed by atoms with Crippen molar-refractivity contribution in [1.29, 1.82) is 0 Å². The van der Waals surface area contributed by atoms with Crippen LogP contribution in [0.5, 0.6) is 0 Å². The van der Waals surface area contributed by atoms with Crippen LogP contribution in [0.15, 0.2) is 0 Å². The lowest BCUT2D eigenvalue weighted by Crippen LogP contribution is -2.53. The first-order chi connectivity index (χ1) is 13.8. The zero-order valence-electron chi connectivity index (χ0n) is 19.6. The van der Waals surface area contributed by atoms with Gasteiger partial charge in [0.2, 0.25) is 0 Å². The summed E-state index contributed by atoms with van der Waals surface area (Å²) in [4.78, 5) is 11.1. The molecule has 4 aliphatic carbocycles. The van der Waals surface area contributed by atoms with Gasteiger partial charge in [0.25, 0.3) is 0 Å². The summed E-state index contributed by atoms with van der Waals surface area (Å²) in [5.74, 6) is 4.80. The zero-order chi connectivity index (χ0) is 20.8. The molecular formula is C27H46O2. The lowest BCUT2D eigenvalue weighted by Gasteiger charge is -2.61. The fourth-order valence-corrected chi connectivity index (χ4v) is 9.34. The van der Waals surface area contributed by atoms with Crippen molar-refractivity contribution in [2.24, 2.45) is 52.3 Å². The number of carboxylic acids is 1. The second kappa shape index (κ2) is 8.19. The molecule has 4 rings (SSSR count). The summed E-state index contributed by atoms with van der Waals surface area (Å²) < 4.78 is 0. The third-order valence-electron chi connectivity index (χ3n) is 11.1. The third-order valence-corrected chi connectivity index (χ3v) is 11.1. The predicted octanol–water partition coefficient (Wildman–Crippen LogP) is 7.56. The van der Waals surface area contributed by atoms with Crippen molar-refractivity contribution < 1.29 is 9.90 Å². The Morgan fingerprint density at radius 2 is 1.66 bits per heavy atom. The van der Waals surface area contributed by atoms with Gasteiger partial charge in [-0.05, 0) is 104 Å². The average Bonchev–Trinajstić information content (AvgIpc) is 3.04. The van der Waals surface area contributed by atoms with Crippen molar-refractivity contribution >= 4 is 5.97 Å². The molecule has 0 bridgehead atoms. The van der Waals surface area contributed by atoms with Crippen LogP contribution in [-0.2, 0) is 4.79 Å². The van der Waals surface area contributed by atoms with E-state index in [1.165, 1.54) is 70.6 Å². The van der Waals surface area contributed by atoms with Gasteiger partial charge in [-0.1, -0.05) is 53.4 Å². The minimum Gasteiger partial charge on any atom is -0.481 e. The first-order valence-corrected chi connectivity index (χ1v) is 13.0. The summed E-state index contributed by atoms with van der Waals surface area (Å²) in [6.07, 6.45) is 18.0. The highest BCUT2D eigenvalue weighted by molar-refractivity contribution is 5.69. The molecule has 2 nitrogen and oxygen atoms in total. The van der Waals surface area contributed by atoms with Crippen molar-refractivity contribution in [1.82, 2.24) is 0 Å². The number of carboxylic acid groups (broad SMARTS) is 1. The van der Waals surface area contributed by atoms with Crippen LogP contribution in [0, 0.1) is 52.3 Å². The van der Waals surface area contributed by atoms with Gasteiger partial charge < -0.3 is 5.11 Å². The predicted molar refractivity (Wildman–Crippen MR) is 120 cm³/mol. The van der Waals surface area contributed by atoms with E-state index in [1.807, 2.05) is 6.92 Å². The maximum absolute atomic E-state index is 11.1. The van der Waals surface area contributed by atoms with Gasteiger partial charge in [-0.15, -0.1) is 0 Å². The minimum absolute atomic E-state index is 0.184.